The fraction of sp³-hybridized carbons (Fsp3) is 0. The standard InChI is InChI=1S/C7H4ClIN4O/c8-6-1-5(14)7(12-11-6)13-3-4(9)2-10-13/h1-3H,(H,11,14). The number of nitrogens with one attached hydrogen (secondary N) is 1. The minimum atomic E-state index is -0.270. The molecule has 0 aromatic carbocycles. The molecule has 0 radical (unpaired) electrons. The van der Waals surface area contributed by atoms with Crippen LogP contribution in [0.3, 0.4) is 0 Å². The Balaban J connectivity index is 2.57. The predicted molar refractivity (Wildman–Crippen MR) is 59.7 cm³/mol. The van der Waals surface area contributed by atoms with Crippen molar-refractivity contribution in [3.63, 3.8) is 0 Å². The Morgan fingerprint density at radius 1 is 1.57 bits per heavy atom. The highest BCUT2D eigenvalue weighted by Crippen LogP contribution is 2.05. The lowest BCUT2D eigenvalue weighted by Gasteiger charge is -1.97. The van der Waals surface area contributed by atoms with Crippen molar-refractivity contribution in [1.29, 1.82) is 0 Å². The third-order valence-corrected chi connectivity index (χ3v) is 2.27. The lowest BCUT2D eigenvalue weighted by molar-refractivity contribution is 0.805. The van der Waals surface area contributed by atoms with Gasteiger partial charge in [0.05, 0.1) is 9.77 Å². The van der Waals surface area contributed by atoms with E-state index in [2.05, 4.69) is 37.9 Å². The van der Waals surface area contributed by atoms with E-state index in [4.69, 9.17) is 11.6 Å². The summed E-state index contributed by atoms with van der Waals surface area (Å²) in [6.07, 6.45) is 3.34. The molecular weight excluding hydrogens is 318 g/mol. The summed E-state index contributed by atoms with van der Waals surface area (Å²) in [6.45, 7) is 0. The summed E-state index contributed by atoms with van der Waals surface area (Å²) < 4.78 is 2.33. The van der Waals surface area contributed by atoms with Gasteiger partial charge in [0, 0.05) is 12.3 Å². The maximum atomic E-state index is 11.4. The first-order chi connectivity index (χ1) is 6.66. The van der Waals surface area contributed by atoms with Gasteiger partial charge in [-0.3, -0.25) is 9.89 Å². The molecule has 2 aromatic heterocycles. The Morgan fingerprint density at radius 2 is 2.36 bits per heavy atom. The molecular formula is C7H4ClIN4O. The van der Waals surface area contributed by atoms with E-state index in [0.29, 0.717) is 0 Å². The average Bonchev–Trinajstić information content (AvgIpc) is 2.51. The zero-order chi connectivity index (χ0) is 10.1. The molecule has 72 valence electrons. The quantitative estimate of drug-likeness (QED) is 0.803. The largest absolute Gasteiger partial charge is 0.286 e. The van der Waals surface area contributed by atoms with Crippen LogP contribution in [0.15, 0.2) is 23.3 Å². The molecule has 0 spiro atoms. The molecule has 5 nitrogen and oxygen atoms in total. The third kappa shape index (κ3) is 1.80. The van der Waals surface area contributed by atoms with Crippen LogP contribution in [-0.4, -0.2) is 20.0 Å². The van der Waals surface area contributed by atoms with Crippen LogP contribution in [-0.2, 0) is 0 Å². The number of nitrogens with zero attached hydrogens (tertiary/aromatic N) is 3. The number of aromatic amines is 1. The Morgan fingerprint density at radius 3 is 2.93 bits per heavy atom. The van der Waals surface area contributed by atoms with E-state index in [1.807, 2.05) is 0 Å². The van der Waals surface area contributed by atoms with Gasteiger partial charge in [0.15, 0.2) is 0 Å². The monoisotopic (exact) mass is 322 g/mol. The van der Waals surface area contributed by atoms with Crippen LogP contribution in [0.5, 0.6) is 0 Å². The van der Waals surface area contributed by atoms with Crippen LogP contribution in [0.4, 0.5) is 0 Å². The fourth-order valence-electron chi connectivity index (χ4n) is 0.954. The van der Waals surface area contributed by atoms with E-state index >= 15 is 0 Å². The highest BCUT2D eigenvalue weighted by Gasteiger charge is 2.05. The second kappa shape index (κ2) is 3.70. The van der Waals surface area contributed by atoms with Gasteiger partial charge in [-0.05, 0) is 22.6 Å². The molecule has 0 saturated heterocycles. The topological polar surface area (TPSA) is 63.6 Å². The van der Waals surface area contributed by atoms with Crippen molar-refractivity contribution in [3.8, 4) is 5.82 Å². The first-order valence-electron chi connectivity index (χ1n) is 3.62. The van der Waals surface area contributed by atoms with E-state index in [9.17, 15) is 4.79 Å². The summed E-state index contributed by atoms with van der Waals surface area (Å²) in [7, 11) is 0. The molecule has 0 aliphatic rings. The van der Waals surface area contributed by atoms with Gasteiger partial charge in [0.2, 0.25) is 11.2 Å². The molecule has 14 heavy (non-hydrogen) atoms. The van der Waals surface area contributed by atoms with Crippen molar-refractivity contribution < 1.29 is 0 Å². The molecule has 0 bridgehead atoms. The maximum Gasteiger partial charge on any atom is 0.227 e. The first kappa shape index (κ1) is 9.66. The smallest absolute Gasteiger partial charge is 0.227 e. The van der Waals surface area contributed by atoms with Crippen molar-refractivity contribution >= 4 is 34.2 Å². The SMILES string of the molecule is O=c1cc(Cl)[nH]nc1-n1cc(I)cn1. The first-order valence-corrected chi connectivity index (χ1v) is 5.08. The van der Waals surface area contributed by atoms with Crippen molar-refractivity contribution in [3.05, 3.63) is 37.4 Å². The normalized spacial score (nSPS) is 10.4. The number of aromatic nitrogens is 4. The number of hydrogen-bond acceptors (Lipinski definition) is 3. The summed E-state index contributed by atoms with van der Waals surface area (Å²) in [6, 6.07) is 1.26. The van der Waals surface area contributed by atoms with Crippen LogP contribution in [0.25, 0.3) is 5.82 Å². The van der Waals surface area contributed by atoms with Gasteiger partial charge in [-0.2, -0.15) is 10.2 Å². The van der Waals surface area contributed by atoms with Crippen molar-refractivity contribution in [2.24, 2.45) is 0 Å². The molecule has 7 heteroatoms. The van der Waals surface area contributed by atoms with Crippen LogP contribution in [0.2, 0.25) is 5.15 Å². The number of halogens is 2. The Hall–Kier alpha value is -0.890. The Kier molecular flexibility index (Phi) is 2.55. The Labute approximate surface area is 97.2 Å². The van der Waals surface area contributed by atoms with Crippen molar-refractivity contribution in [1.82, 2.24) is 20.0 Å². The maximum absolute atomic E-state index is 11.4. The van der Waals surface area contributed by atoms with E-state index in [1.165, 1.54) is 10.7 Å². The van der Waals surface area contributed by atoms with E-state index in [0.717, 1.165) is 3.57 Å². The summed E-state index contributed by atoms with van der Waals surface area (Å²) in [4.78, 5) is 11.4. The second-order valence-corrected chi connectivity index (χ2v) is 4.16. The van der Waals surface area contributed by atoms with Crippen molar-refractivity contribution in [2.75, 3.05) is 0 Å². The average molecular weight is 322 g/mol. The van der Waals surface area contributed by atoms with Crippen molar-refractivity contribution in [2.45, 2.75) is 0 Å². The molecule has 0 aliphatic carbocycles. The molecule has 1 N–H and O–H groups in total. The lowest BCUT2D eigenvalue weighted by Crippen LogP contribution is -2.14. The van der Waals surface area contributed by atoms with Gasteiger partial charge in [-0.1, -0.05) is 11.6 Å². The van der Waals surface area contributed by atoms with Gasteiger partial charge in [-0.25, -0.2) is 4.68 Å². The van der Waals surface area contributed by atoms with E-state index in [1.54, 1.807) is 12.4 Å². The van der Waals surface area contributed by atoms with Gasteiger partial charge in [-0.15, -0.1) is 0 Å². The van der Waals surface area contributed by atoms with Gasteiger partial charge < -0.3 is 0 Å². The zero-order valence-corrected chi connectivity index (χ0v) is 9.65. The molecule has 2 heterocycles. The van der Waals surface area contributed by atoms with Crippen LogP contribution in [0, 0.1) is 3.57 Å². The molecule has 0 saturated carbocycles. The van der Waals surface area contributed by atoms with Gasteiger partial charge >= 0.3 is 0 Å². The summed E-state index contributed by atoms with van der Waals surface area (Å²) in [5.74, 6) is 0.206. The number of hydrogen-bond donors (Lipinski definition) is 1. The minimum Gasteiger partial charge on any atom is -0.286 e. The molecule has 2 rings (SSSR count). The molecule has 0 aliphatic heterocycles. The highest BCUT2D eigenvalue weighted by atomic mass is 127. The molecule has 0 fully saturated rings. The molecule has 2 aromatic rings. The molecule has 0 unspecified atom stereocenters. The van der Waals surface area contributed by atoms with Gasteiger partial charge in [0.25, 0.3) is 0 Å². The second-order valence-electron chi connectivity index (χ2n) is 2.51. The van der Waals surface area contributed by atoms with Crippen LogP contribution < -0.4 is 5.43 Å². The number of rotatable bonds is 1. The summed E-state index contributed by atoms with van der Waals surface area (Å²) >= 11 is 7.66. The van der Waals surface area contributed by atoms with Gasteiger partial charge in [0.1, 0.15) is 5.15 Å². The highest BCUT2D eigenvalue weighted by molar-refractivity contribution is 14.1. The summed E-state index contributed by atoms with van der Waals surface area (Å²) in [5.41, 5.74) is -0.270. The zero-order valence-electron chi connectivity index (χ0n) is 6.74. The van der Waals surface area contributed by atoms with E-state index < -0.39 is 0 Å². The van der Waals surface area contributed by atoms with Crippen LogP contribution >= 0.6 is 34.2 Å². The van der Waals surface area contributed by atoms with Crippen LogP contribution in [0.1, 0.15) is 0 Å². The lowest BCUT2D eigenvalue weighted by atomic mass is 10.5. The molecule has 0 amide bonds. The predicted octanol–water partition coefficient (Wildman–Crippen LogP) is 1.21. The Bertz CT molecular complexity index is 520. The third-order valence-electron chi connectivity index (χ3n) is 1.51. The van der Waals surface area contributed by atoms with E-state index in [-0.39, 0.29) is 16.4 Å². The minimum absolute atomic E-state index is 0.206. The molecule has 0 atom stereocenters. The number of H-pyrrole nitrogens is 1. The fourth-order valence-corrected chi connectivity index (χ4v) is 1.48. The summed E-state index contributed by atoms with van der Waals surface area (Å²) in [5, 5.41) is 10.5.